The highest BCUT2D eigenvalue weighted by atomic mass is 79.9. The van der Waals surface area contributed by atoms with Crippen LogP contribution in [0, 0.1) is 5.92 Å². The number of para-hydroxylation sites is 1. The topological polar surface area (TPSA) is 91.4 Å². The van der Waals surface area contributed by atoms with Crippen molar-refractivity contribution in [2.75, 3.05) is 22.1 Å². The third kappa shape index (κ3) is 4.83. The Morgan fingerprint density at radius 2 is 1.87 bits per heavy atom. The minimum absolute atomic E-state index is 0.0777. The summed E-state index contributed by atoms with van der Waals surface area (Å²) < 4.78 is 0.818. The molecule has 0 spiro atoms. The number of anilines is 3. The molecule has 0 bridgehead atoms. The maximum Gasteiger partial charge on any atom is 0.231 e. The van der Waals surface area contributed by atoms with Crippen LogP contribution in [0.25, 0.3) is 11.3 Å². The van der Waals surface area contributed by atoms with E-state index in [1.807, 2.05) is 41.8 Å². The molecule has 1 fully saturated rings. The van der Waals surface area contributed by atoms with Gasteiger partial charge in [0.1, 0.15) is 0 Å². The normalized spacial score (nSPS) is 15.7. The SMILES string of the molecule is CC(=O)Nc1ccc(-c2csc(NC(=O)C3CC(=O)N(c4ccccc4Br)C3)n2)cc1. The van der Waals surface area contributed by atoms with Gasteiger partial charge in [0.25, 0.3) is 0 Å². The minimum atomic E-state index is -0.441. The van der Waals surface area contributed by atoms with Gasteiger partial charge in [-0.15, -0.1) is 11.3 Å². The number of nitrogens with zero attached hydrogens (tertiary/aromatic N) is 2. The first-order chi connectivity index (χ1) is 14.9. The lowest BCUT2D eigenvalue weighted by atomic mass is 10.1. The molecule has 1 aliphatic heterocycles. The largest absolute Gasteiger partial charge is 0.326 e. The molecule has 4 rings (SSSR count). The molecular weight excluding hydrogens is 480 g/mol. The highest BCUT2D eigenvalue weighted by molar-refractivity contribution is 9.10. The van der Waals surface area contributed by atoms with Gasteiger partial charge in [-0.1, -0.05) is 24.3 Å². The summed E-state index contributed by atoms with van der Waals surface area (Å²) in [7, 11) is 0. The summed E-state index contributed by atoms with van der Waals surface area (Å²) >= 11 is 4.79. The average molecular weight is 499 g/mol. The van der Waals surface area contributed by atoms with Crippen LogP contribution < -0.4 is 15.5 Å². The van der Waals surface area contributed by atoms with Crippen molar-refractivity contribution in [2.45, 2.75) is 13.3 Å². The number of thiazole rings is 1. The van der Waals surface area contributed by atoms with Crippen LogP contribution in [0.15, 0.2) is 58.4 Å². The highest BCUT2D eigenvalue weighted by Gasteiger charge is 2.36. The molecule has 2 heterocycles. The second-order valence-corrected chi connectivity index (χ2v) is 8.85. The number of rotatable bonds is 5. The van der Waals surface area contributed by atoms with E-state index < -0.39 is 5.92 Å². The van der Waals surface area contributed by atoms with Crippen LogP contribution in [0.5, 0.6) is 0 Å². The Hall–Kier alpha value is -3.04. The van der Waals surface area contributed by atoms with Gasteiger partial charge in [0.05, 0.1) is 17.3 Å². The van der Waals surface area contributed by atoms with Crippen molar-refractivity contribution in [3.8, 4) is 11.3 Å². The number of halogens is 1. The molecule has 1 saturated heterocycles. The molecule has 1 aliphatic rings. The van der Waals surface area contributed by atoms with Gasteiger partial charge in [-0.2, -0.15) is 0 Å². The van der Waals surface area contributed by atoms with Crippen LogP contribution in [0.2, 0.25) is 0 Å². The summed E-state index contributed by atoms with van der Waals surface area (Å²) in [6.45, 7) is 1.79. The summed E-state index contributed by atoms with van der Waals surface area (Å²) in [5, 5.41) is 7.90. The molecule has 9 heteroatoms. The Bertz CT molecular complexity index is 1150. The quantitative estimate of drug-likeness (QED) is 0.540. The fraction of sp³-hybridized carbons (Fsp3) is 0.182. The van der Waals surface area contributed by atoms with Gasteiger partial charge < -0.3 is 15.5 Å². The number of amides is 3. The first-order valence-electron chi connectivity index (χ1n) is 9.60. The van der Waals surface area contributed by atoms with Crippen LogP contribution in [-0.2, 0) is 14.4 Å². The van der Waals surface area contributed by atoms with E-state index in [1.165, 1.54) is 18.3 Å². The van der Waals surface area contributed by atoms with Crippen LogP contribution in [0.4, 0.5) is 16.5 Å². The summed E-state index contributed by atoms with van der Waals surface area (Å²) in [6.07, 6.45) is 0.163. The van der Waals surface area contributed by atoms with Gasteiger partial charge in [-0.25, -0.2) is 4.98 Å². The Morgan fingerprint density at radius 1 is 1.13 bits per heavy atom. The Labute approximate surface area is 191 Å². The zero-order valence-electron chi connectivity index (χ0n) is 16.6. The summed E-state index contributed by atoms with van der Waals surface area (Å²) in [6, 6.07) is 14.8. The van der Waals surface area contributed by atoms with E-state index in [4.69, 9.17) is 0 Å². The van der Waals surface area contributed by atoms with Gasteiger partial charge in [0.2, 0.25) is 17.7 Å². The molecule has 0 radical (unpaired) electrons. The van der Waals surface area contributed by atoms with Crippen molar-refractivity contribution in [1.29, 1.82) is 0 Å². The van der Waals surface area contributed by atoms with E-state index in [9.17, 15) is 14.4 Å². The molecule has 2 aromatic carbocycles. The maximum atomic E-state index is 12.7. The Balaban J connectivity index is 1.41. The number of carbonyl (C=O) groups excluding carboxylic acids is 3. The van der Waals surface area contributed by atoms with E-state index in [2.05, 4.69) is 31.5 Å². The average Bonchev–Trinajstić information content (AvgIpc) is 3.35. The zero-order valence-corrected chi connectivity index (χ0v) is 19.0. The fourth-order valence-electron chi connectivity index (χ4n) is 3.39. The van der Waals surface area contributed by atoms with Crippen molar-refractivity contribution in [3.63, 3.8) is 0 Å². The molecule has 0 aliphatic carbocycles. The van der Waals surface area contributed by atoms with Crippen molar-refractivity contribution >= 4 is 61.5 Å². The van der Waals surface area contributed by atoms with Crippen molar-refractivity contribution in [2.24, 2.45) is 5.92 Å². The van der Waals surface area contributed by atoms with Gasteiger partial charge in [0.15, 0.2) is 5.13 Å². The van der Waals surface area contributed by atoms with Crippen molar-refractivity contribution in [1.82, 2.24) is 4.98 Å². The lowest BCUT2D eigenvalue weighted by Gasteiger charge is -2.18. The molecular formula is C22H19BrN4O3S. The number of benzene rings is 2. The molecule has 1 atom stereocenters. The van der Waals surface area contributed by atoms with Gasteiger partial charge >= 0.3 is 0 Å². The number of nitrogens with one attached hydrogen (secondary N) is 2. The summed E-state index contributed by atoms with van der Waals surface area (Å²) in [4.78, 5) is 42.5. The third-order valence-electron chi connectivity index (χ3n) is 4.87. The van der Waals surface area contributed by atoms with E-state index in [-0.39, 0.29) is 24.1 Å². The number of hydrogen-bond donors (Lipinski definition) is 2. The standard InChI is InChI=1S/C22H19BrN4O3S/c1-13(28)24-16-8-6-14(7-9-16)18-12-31-22(25-18)26-21(30)15-10-20(29)27(11-15)19-5-3-2-4-17(19)23/h2-9,12,15H,10-11H2,1H3,(H,24,28)(H,25,26,30). The Kier molecular flexibility index (Phi) is 6.15. The monoisotopic (exact) mass is 498 g/mol. The maximum absolute atomic E-state index is 12.7. The lowest BCUT2D eigenvalue weighted by molar-refractivity contribution is -0.122. The summed E-state index contributed by atoms with van der Waals surface area (Å²) in [5.41, 5.74) is 3.08. The molecule has 3 aromatic rings. The van der Waals surface area contributed by atoms with Crippen LogP contribution >= 0.6 is 27.3 Å². The molecule has 31 heavy (non-hydrogen) atoms. The molecule has 158 valence electrons. The van der Waals surface area contributed by atoms with Crippen LogP contribution in [0.3, 0.4) is 0 Å². The zero-order chi connectivity index (χ0) is 22.0. The number of hydrogen-bond acceptors (Lipinski definition) is 5. The van der Waals surface area contributed by atoms with E-state index in [0.29, 0.717) is 17.4 Å². The van der Waals surface area contributed by atoms with Gasteiger partial charge in [-0.05, 0) is 40.2 Å². The highest BCUT2D eigenvalue weighted by Crippen LogP contribution is 2.32. The molecule has 3 amide bonds. The van der Waals surface area contributed by atoms with E-state index >= 15 is 0 Å². The van der Waals surface area contributed by atoms with Crippen LogP contribution in [-0.4, -0.2) is 29.3 Å². The molecule has 2 N–H and O–H groups in total. The first-order valence-corrected chi connectivity index (χ1v) is 11.3. The predicted molar refractivity (Wildman–Crippen MR) is 125 cm³/mol. The predicted octanol–water partition coefficient (Wildman–Crippen LogP) is 4.52. The molecule has 1 aromatic heterocycles. The molecule has 0 saturated carbocycles. The first kappa shape index (κ1) is 21.2. The lowest BCUT2D eigenvalue weighted by Crippen LogP contribution is -2.28. The van der Waals surface area contributed by atoms with E-state index in [1.54, 1.807) is 17.0 Å². The second kappa shape index (κ2) is 8.99. The molecule has 7 nitrogen and oxygen atoms in total. The minimum Gasteiger partial charge on any atom is -0.326 e. The Morgan fingerprint density at radius 3 is 2.58 bits per heavy atom. The smallest absolute Gasteiger partial charge is 0.231 e. The van der Waals surface area contributed by atoms with E-state index in [0.717, 1.165) is 21.4 Å². The van der Waals surface area contributed by atoms with Gasteiger partial charge in [0, 0.05) is 41.0 Å². The van der Waals surface area contributed by atoms with Gasteiger partial charge in [-0.3, -0.25) is 14.4 Å². The number of carbonyl (C=O) groups is 3. The van der Waals surface area contributed by atoms with Crippen molar-refractivity contribution in [3.05, 3.63) is 58.4 Å². The molecule has 1 unspecified atom stereocenters. The van der Waals surface area contributed by atoms with Crippen molar-refractivity contribution < 1.29 is 14.4 Å². The fourth-order valence-corrected chi connectivity index (χ4v) is 4.61. The van der Waals surface area contributed by atoms with Crippen LogP contribution in [0.1, 0.15) is 13.3 Å². The summed E-state index contributed by atoms with van der Waals surface area (Å²) in [5.74, 6) is -0.866. The second-order valence-electron chi connectivity index (χ2n) is 7.14. The third-order valence-corrected chi connectivity index (χ3v) is 6.30. The number of aromatic nitrogens is 1.